The van der Waals surface area contributed by atoms with Gasteiger partial charge in [-0.05, 0) is 36.4 Å². The molecule has 0 aliphatic heterocycles. The number of H-pyrrole nitrogens is 1. The van der Waals surface area contributed by atoms with Crippen LogP contribution in [0.3, 0.4) is 0 Å². The van der Waals surface area contributed by atoms with Crippen molar-refractivity contribution in [2.75, 3.05) is 0 Å². The number of halogens is 1. The van der Waals surface area contributed by atoms with E-state index in [0.717, 1.165) is 0 Å². The molecular weight excluding hydrogens is 356 g/mol. The van der Waals surface area contributed by atoms with E-state index in [0.29, 0.717) is 27.4 Å². The largest absolute Gasteiger partial charge is 0.487 e. The molecule has 0 saturated heterocycles. The first-order valence-corrected chi connectivity index (χ1v) is 8.13. The fourth-order valence-corrected chi connectivity index (χ4v) is 2.91. The van der Waals surface area contributed by atoms with Crippen molar-refractivity contribution >= 4 is 34.1 Å². The van der Waals surface area contributed by atoms with Gasteiger partial charge in [0.2, 0.25) is 0 Å². The Hall–Kier alpha value is -3.32. The minimum atomic E-state index is -0.694. The number of benzene rings is 2. The number of carbonyl (C=O) groups excluding carboxylic acids is 1. The van der Waals surface area contributed by atoms with Crippen LogP contribution in [0.25, 0.3) is 16.6 Å². The Balaban J connectivity index is 1.83. The summed E-state index contributed by atoms with van der Waals surface area (Å²) in [5.41, 5.74) is 6.37. The smallest absolute Gasteiger partial charge is 0.280 e. The molecule has 4 rings (SSSR count). The second-order valence-corrected chi connectivity index (χ2v) is 6.10. The Labute approximate surface area is 152 Å². The van der Waals surface area contributed by atoms with Gasteiger partial charge in [-0.15, -0.1) is 0 Å². The lowest BCUT2D eigenvalue weighted by Crippen LogP contribution is -2.17. The van der Waals surface area contributed by atoms with Gasteiger partial charge in [-0.1, -0.05) is 23.7 Å². The minimum Gasteiger partial charge on any atom is -0.487 e. The summed E-state index contributed by atoms with van der Waals surface area (Å²) >= 11 is 5.85. The third-order valence-electron chi connectivity index (χ3n) is 3.99. The molecule has 0 radical (unpaired) electrons. The molecule has 3 N–H and O–H groups in total. The fraction of sp³-hybridized carbons (Fsp3) is 0.0556. The van der Waals surface area contributed by atoms with E-state index in [4.69, 9.17) is 22.1 Å². The van der Waals surface area contributed by atoms with Gasteiger partial charge in [-0.3, -0.25) is 14.7 Å². The number of hydrogen-bond acceptors (Lipinski definition) is 4. The van der Waals surface area contributed by atoms with Gasteiger partial charge in [-0.25, -0.2) is 4.98 Å². The highest BCUT2D eigenvalue weighted by Crippen LogP contribution is 2.20. The lowest BCUT2D eigenvalue weighted by molar-refractivity contribution is 0.0999. The number of ether oxygens (including phenoxy) is 1. The van der Waals surface area contributed by atoms with E-state index in [-0.39, 0.29) is 23.4 Å². The second kappa shape index (κ2) is 6.20. The van der Waals surface area contributed by atoms with E-state index < -0.39 is 5.91 Å². The first-order valence-electron chi connectivity index (χ1n) is 7.75. The van der Waals surface area contributed by atoms with Gasteiger partial charge in [0, 0.05) is 5.02 Å². The third kappa shape index (κ3) is 2.68. The Morgan fingerprint density at radius 2 is 1.92 bits per heavy atom. The van der Waals surface area contributed by atoms with E-state index in [2.05, 4.69) is 10.1 Å². The number of carbonyl (C=O) groups is 1. The van der Waals surface area contributed by atoms with Gasteiger partial charge >= 0.3 is 0 Å². The lowest BCUT2D eigenvalue weighted by atomic mass is 10.2. The van der Waals surface area contributed by atoms with Crippen molar-refractivity contribution in [3.05, 3.63) is 75.2 Å². The SMILES string of the molecule is NC(=O)c1c(COc2ccc(Cl)cc2)[nH]n2c(=O)c3ccccc3nc12. The summed E-state index contributed by atoms with van der Waals surface area (Å²) < 4.78 is 6.88. The molecule has 0 unspecified atom stereocenters. The number of rotatable bonds is 4. The summed E-state index contributed by atoms with van der Waals surface area (Å²) in [6.45, 7) is 0.0129. The van der Waals surface area contributed by atoms with Crippen LogP contribution in [-0.2, 0) is 6.61 Å². The number of nitrogens with zero attached hydrogens (tertiary/aromatic N) is 2. The summed E-state index contributed by atoms with van der Waals surface area (Å²) in [4.78, 5) is 29.1. The Bertz CT molecular complexity index is 1190. The number of hydrogen-bond donors (Lipinski definition) is 2. The maximum atomic E-state index is 12.7. The summed E-state index contributed by atoms with van der Waals surface area (Å²) in [6.07, 6.45) is 0. The first-order chi connectivity index (χ1) is 12.5. The second-order valence-electron chi connectivity index (χ2n) is 5.67. The molecule has 4 aromatic rings. The number of fused-ring (bicyclic) bond motifs is 2. The average molecular weight is 369 g/mol. The molecule has 0 spiro atoms. The summed E-state index contributed by atoms with van der Waals surface area (Å²) in [7, 11) is 0. The molecule has 0 atom stereocenters. The number of amides is 1. The van der Waals surface area contributed by atoms with Gasteiger partial charge in [0.25, 0.3) is 11.5 Å². The molecule has 0 saturated carbocycles. The maximum Gasteiger partial charge on any atom is 0.280 e. The molecule has 2 heterocycles. The molecule has 26 heavy (non-hydrogen) atoms. The highest BCUT2D eigenvalue weighted by molar-refractivity contribution is 6.30. The Kier molecular flexibility index (Phi) is 3.85. The Morgan fingerprint density at radius 1 is 1.19 bits per heavy atom. The van der Waals surface area contributed by atoms with Gasteiger partial charge in [0.15, 0.2) is 5.65 Å². The van der Waals surface area contributed by atoms with Crippen LogP contribution in [0.2, 0.25) is 5.02 Å². The maximum absolute atomic E-state index is 12.7. The van der Waals surface area contributed by atoms with Crippen LogP contribution in [0, 0.1) is 0 Å². The highest BCUT2D eigenvalue weighted by Gasteiger charge is 2.20. The van der Waals surface area contributed by atoms with Gasteiger partial charge < -0.3 is 10.5 Å². The molecular formula is C18H13ClN4O3. The lowest BCUT2D eigenvalue weighted by Gasteiger charge is -2.05. The van der Waals surface area contributed by atoms with Crippen LogP contribution in [0.5, 0.6) is 5.75 Å². The molecule has 2 aromatic heterocycles. The molecule has 7 nitrogen and oxygen atoms in total. The predicted molar refractivity (Wildman–Crippen MR) is 97.6 cm³/mol. The van der Waals surface area contributed by atoms with Gasteiger partial charge in [0.1, 0.15) is 17.9 Å². The molecule has 0 aliphatic carbocycles. The zero-order valence-electron chi connectivity index (χ0n) is 13.4. The van der Waals surface area contributed by atoms with Crippen LogP contribution in [0.1, 0.15) is 16.1 Å². The Morgan fingerprint density at radius 3 is 2.65 bits per heavy atom. The number of nitrogens with one attached hydrogen (secondary N) is 1. The van der Waals surface area contributed by atoms with Crippen LogP contribution in [0.15, 0.2) is 53.3 Å². The van der Waals surface area contributed by atoms with Crippen molar-refractivity contribution in [3.63, 3.8) is 0 Å². The van der Waals surface area contributed by atoms with E-state index in [1.54, 1.807) is 48.5 Å². The van der Waals surface area contributed by atoms with E-state index in [9.17, 15) is 9.59 Å². The summed E-state index contributed by atoms with van der Waals surface area (Å²) in [6, 6.07) is 13.7. The van der Waals surface area contributed by atoms with E-state index in [1.165, 1.54) is 4.52 Å². The van der Waals surface area contributed by atoms with Crippen molar-refractivity contribution in [3.8, 4) is 5.75 Å². The summed E-state index contributed by atoms with van der Waals surface area (Å²) in [5.74, 6) is -0.130. The van der Waals surface area contributed by atoms with E-state index >= 15 is 0 Å². The molecule has 0 fully saturated rings. The van der Waals surface area contributed by atoms with E-state index in [1.807, 2.05) is 0 Å². The number of nitrogens with two attached hydrogens (primary N) is 1. The third-order valence-corrected chi connectivity index (χ3v) is 4.24. The van der Waals surface area contributed by atoms with Crippen molar-refractivity contribution < 1.29 is 9.53 Å². The fourth-order valence-electron chi connectivity index (χ4n) is 2.78. The zero-order chi connectivity index (χ0) is 18.3. The summed E-state index contributed by atoms with van der Waals surface area (Å²) in [5, 5.41) is 3.90. The van der Waals surface area contributed by atoms with Crippen LogP contribution in [-0.4, -0.2) is 20.5 Å². The zero-order valence-corrected chi connectivity index (χ0v) is 14.2. The normalized spacial score (nSPS) is 11.1. The van der Waals surface area contributed by atoms with Crippen molar-refractivity contribution in [2.24, 2.45) is 5.73 Å². The van der Waals surface area contributed by atoms with Gasteiger partial charge in [0.05, 0.1) is 16.6 Å². The highest BCUT2D eigenvalue weighted by atomic mass is 35.5. The minimum absolute atomic E-state index is 0.0129. The van der Waals surface area contributed by atoms with Gasteiger partial charge in [-0.2, -0.15) is 4.52 Å². The monoisotopic (exact) mass is 368 g/mol. The first kappa shape index (κ1) is 16.2. The number of aromatic nitrogens is 3. The average Bonchev–Trinajstić information content (AvgIpc) is 3.00. The molecule has 0 aliphatic rings. The molecule has 130 valence electrons. The standard InChI is InChI=1S/C18H13ClN4O3/c19-10-5-7-11(8-6-10)26-9-14-15(16(20)24)17-21-13-4-2-1-3-12(13)18(25)23(17)22-14/h1-8,22H,9H2,(H2,20,24). The van der Waals surface area contributed by atoms with Crippen LogP contribution >= 0.6 is 11.6 Å². The number of primary amides is 1. The van der Waals surface area contributed by atoms with Crippen molar-refractivity contribution in [1.82, 2.24) is 14.6 Å². The predicted octanol–water partition coefficient (Wildman–Crippen LogP) is 2.51. The van der Waals surface area contributed by atoms with Crippen molar-refractivity contribution in [1.29, 1.82) is 0 Å². The van der Waals surface area contributed by atoms with Crippen LogP contribution in [0.4, 0.5) is 0 Å². The quantitative estimate of drug-likeness (QED) is 0.577. The number of para-hydroxylation sites is 1. The van der Waals surface area contributed by atoms with Crippen molar-refractivity contribution in [2.45, 2.75) is 6.61 Å². The number of aromatic amines is 1. The molecule has 2 aromatic carbocycles. The molecule has 8 heteroatoms. The topological polar surface area (TPSA) is 102 Å². The molecule has 0 bridgehead atoms. The van der Waals surface area contributed by atoms with Crippen LogP contribution < -0.4 is 16.0 Å². The molecule has 1 amide bonds.